The Kier molecular flexibility index (Phi) is 5.42. The summed E-state index contributed by atoms with van der Waals surface area (Å²) in [5.41, 5.74) is 0. The predicted octanol–water partition coefficient (Wildman–Crippen LogP) is 1.66. The van der Waals surface area contributed by atoms with Crippen LogP contribution in [0.1, 0.15) is 19.8 Å². The minimum absolute atomic E-state index is 0.127. The van der Waals surface area contributed by atoms with Crippen LogP contribution in [0.3, 0.4) is 0 Å². The molecule has 0 radical (unpaired) electrons. The highest BCUT2D eigenvalue weighted by Gasteiger charge is 2.35. The third-order valence-electron chi connectivity index (χ3n) is 3.69. The van der Waals surface area contributed by atoms with E-state index >= 15 is 0 Å². The van der Waals surface area contributed by atoms with Crippen LogP contribution in [0.25, 0.3) is 0 Å². The normalized spacial score (nSPS) is 19.6. The van der Waals surface area contributed by atoms with Crippen molar-refractivity contribution in [2.24, 2.45) is 5.92 Å². The maximum absolute atomic E-state index is 12.8. The largest absolute Gasteiger partial charge is 0.495 e. The number of nitrogens with zero attached hydrogens (tertiary/aromatic N) is 1. The van der Waals surface area contributed by atoms with Gasteiger partial charge >= 0.3 is 5.97 Å². The highest BCUT2D eigenvalue weighted by Crippen LogP contribution is 2.29. The molecule has 1 aromatic rings. The van der Waals surface area contributed by atoms with Crippen LogP contribution in [-0.4, -0.2) is 45.5 Å². The number of methoxy groups -OCH3 is 1. The molecule has 122 valence electrons. The quantitative estimate of drug-likeness (QED) is 0.769. The van der Waals surface area contributed by atoms with E-state index in [4.69, 9.17) is 9.47 Å². The van der Waals surface area contributed by atoms with Crippen molar-refractivity contribution in [3.63, 3.8) is 0 Å². The van der Waals surface area contributed by atoms with Gasteiger partial charge < -0.3 is 9.47 Å². The van der Waals surface area contributed by atoms with Crippen LogP contribution in [0.5, 0.6) is 5.75 Å². The van der Waals surface area contributed by atoms with Crippen molar-refractivity contribution >= 4 is 16.0 Å². The van der Waals surface area contributed by atoms with Gasteiger partial charge in [0, 0.05) is 13.1 Å². The van der Waals surface area contributed by atoms with Gasteiger partial charge in [0.05, 0.1) is 19.6 Å². The molecule has 1 saturated heterocycles. The van der Waals surface area contributed by atoms with E-state index in [0.29, 0.717) is 31.7 Å². The Balaban J connectivity index is 2.24. The van der Waals surface area contributed by atoms with Gasteiger partial charge in [0.1, 0.15) is 10.6 Å². The summed E-state index contributed by atoms with van der Waals surface area (Å²) < 4.78 is 37.1. The highest BCUT2D eigenvalue weighted by molar-refractivity contribution is 7.89. The van der Waals surface area contributed by atoms with Crippen molar-refractivity contribution < 1.29 is 22.7 Å². The van der Waals surface area contributed by atoms with Crippen molar-refractivity contribution in [1.29, 1.82) is 0 Å². The predicted molar refractivity (Wildman–Crippen MR) is 81.1 cm³/mol. The van der Waals surface area contributed by atoms with Crippen molar-refractivity contribution in [2.45, 2.75) is 24.7 Å². The first-order valence-corrected chi connectivity index (χ1v) is 8.74. The second-order valence-corrected chi connectivity index (χ2v) is 7.01. The minimum atomic E-state index is -3.69. The van der Waals surface area contributed by atoms with Crippen molar-refractivity contribution in [3.05, 3.63) is 24.3 Å². The Morgan fingerprint density at radius 2 is 2.09 bits per heavy atom. The monoisotopic (exact) mass is 327 g/mol. The number of hydrogen-bond donors (Lipinski definition) is 0. The molecule has 1 heterocycles. The number of sulfonamides is 1. The fraction of sp³-hybridized carbons (Fsp3) is 0.533. The summed E-state index contributed by atoms with van der Waals surface area (Å²) in [6, 6.07) is 6.50. The number of carbonyl (C=O) groups excluding carboxylic acids is 1. The third kappa shape index (κ3) is 3.41. The van der Waals surface area contributed by atoms with Crippen LogP contribution in [-0.2, 0) is 19.6 Å². The molecule has 1 fully saturated rings. The van der Waals surface area contributed by atoms with Gasteiger partial charge in [-0.25, -0.2) is 8.42 Å². The summed E-state index contributed by atoms with van der Waals surface area (Å²) in [6.45, 7) is 2.59. The van der Waals surface area contributed by atoms with Gasteiger partial charge in [-0.05, 0) is 31.9 Å². The van der Waals surface area contributed by atoms with E-state index in [2.05, 4.69) is 0 Å². The number of benzene rings is 1. The Bertz CT molecular complexity index is 629. The number of rotatable bonds is 5. The molecular formula is C15H21NO5S. The molecule has 1 aliphatic rings. The van der Waals surface area contributed by atoms with Gasteiger partial charge in [0.25, 0.3) is 0 Å². The number of para-hydroxylation sites is 1. The molecule has 0 aromatic heterocycles. The van der Waals surface area contributed by atoms with Crippen molar-refractivity contribution in [2.75, 3.05) is 26.8 Å². The number of hydrogen-bond acceptors (Lipinski definition) is 5. The van der Waals surface area contributed by atoms with Gasteiger partial charge in [-0.2, -0.15) is 4.31 Å². The molecule has 1 atom stereocenters. The van der Waals surface area contributed by atoms with E-state index in [-0.39, 0.29) is 17.4 Å². The first kappa shape index (κ1) is 16.8. The van der Waals surface area contributed by atoms with Gasteiger partial charge in [0.2, 0.25) is 10.0 Å². The molecule has 2 rings (SSSR count). The lowest BCUT2D eigenvalue weighted by Gasteiger charge is -2.31. The van der Waals surface area contributed by atoms with E-state index in [0.717, 1.165) is 0 Å². The average Bonchev–Trinajstić information content (AvgIpc) is 2.55. The van der Waals surface area contributed by atoms with Gasteiger partial charge in [0.15, 0.2) is 0 Å². The number of piperidine rings is 1. The van der Waals surface area contributed by atoms with E-state index in [1.54, 1.807) is 25.1 Å². The molecule has 0 amide bonds. The summed E-state index contributed by atoms with van der Waals surface area (Å²) in [7, 11) is -2.25. The fourth-order valence-electron chi connectivity index (χ4n) is 2.58. The van der Waals surface area contributed by atoms with Crippen LogP contribution < -0.4 is 4.74 Å². The maximum Gasteiger partial charge on any atom is 0.310 e. The average molecular weight is 327 g/mol. The van der Waals surface area contributed by atoms with E-state index < -0.39 is 15.9 Å². The molecule has 0 N–H and O–H groups in total. The van der Waals surface area contributed by atoms with Crippen LogP contribution in [0.4, 0.5) is 0 Å². The van der Waals surface area contributed by atoms with Crippen LogP contribution in [0.2, 0.25) is 0 Å². The molecule has 0 spiro atoms. The molecular weight excluding hydrogens is 306 g/mol. The Hall–Kier alpha value is -1.60. The van der Waals surface area contributed by atoms with Crippen molar-refractivity contribution in [3.8, 4) is 5.75 Å². The zero-order valence-corrected chi connectivity index (χ0v) is 13.6. The van der Waals surface area contributed by atoms with Gasteiger partial charge in [-0.1, -0.05) is 12.1 Å². The Morgan fingerprint density at radius 3 is 2.77 bits per heavy atom. The van der Waals surface area contributed by atoms with Crippen LogP contribution >= 0.6 is 0 Å². The first-order valence-electron chi connectivity index (χ1n) is 7.30. The number of ether oxygens (including phenoxy) is 2. The molecule has 1 aromatic carbocycles. The lowest BCUT2D eigenvalue weighted by atomic mass is 10.0. The Labute approximate surface area is 131 Å². The smallest absolute Gasteiger partial charge is 0.310 e. The molecule has 0 aliphatic carbocycles. The highest BCUT2D eigenvalue weighted by atomic mass is 32.2. The SMILES string of the molecule is CCOC(=O)C1CCCN(S(=O)(=O)c2ccccc2OC)C1. The minimum Gasteiger partial charge on any atom is -0.495 e. The van der Waals surface area contributed by atoms with Crippen LogP contribution in [0, 0.1) is 5.92 Å². The second-order valence-electron chi connectivity index (χ2n) is 5.11. The summed E-state index contributed by atoms with van der Waals surface area (Å²) in [5.74, 6) is -0.429. The lowest BCUT2D eigenvalue weighted by Crippen LogP contribution is -2.42. The van der Waals surface area contributed by atoms with Gasteiger partial charge in [-0.3, -0.25) is 4.79 Å². The molecule has 22 heavy (non-hydrogen) atoms. The Morgan fingerprint density at radius 1 is 1.36 bits per heavy atom. The van der Waals surface area contributed by atoms with E-state index in [1.807, 2.05) is 0 Å². The summed E-state index contributed by atoms with van der Waals surface area (Å²) in [6.07, 6.45) is 1.29. The zero-order chi connectivity index (χ0) is 16.2. The third-order valence-corrected chi connectivity index (χ3v) is 5.60. The summed E-state index contributed by atoms with van der Waals surface area (Å²) >= 11 is 0. The van der Waals surface area contributed by atoms with Gasteiger partial charge in [-0.15, -0.1) is 0 Å². The fourth-order valence-corrected chi connectivity index (χ4v) is 4.26. The van der Waals surface area contributed by atoms with E-state index in [1.165, 1.54) is 17.5 Å². The first-order chi connectivity index (χ1) is 10.5. The number of esters is 1. The van der Waals surface area contributed by atoms with Crippen molar-refractivity contribution in [1.82, 2.24) is 4.31 Å². The molecule has 0 saturated carbocycles. The zero-order valence-electron chi connectivity index (χ0n) is 12.8. The molecule has 6 nitrogen and oxygen atoms in total. The maximum atomic E-state index is 12.8. The topological polar surface area (TPSA) is 72.9 Å². The standard InChI is InChI=1S/C15H21NO5S/c1-3-21-15(17)12-7-6-10-16(11-12)22(18,19)14-9-5-4-8-13(14)20-2/h4-5,8-9,12H,3,6-7,10-11H2,1-2H3. The second kappa shape index (κ2) is 7.11. The summed E-state index contributed by atoms with van der Waals surface area (Å²) in [5, 5.41) is 0. The summed E-state index contributed by atoms with van der Waals surface area (Å²) in [4.78, 5) is 12.0. The number of carbonyl (C=O) groups is 1. The molecule has 0 bridgehead atoms. The van der Waals surface area contributed by atoms with E-state index in [9.17, 15) is 13.2 Å². The molecule has 1 unspecified atom stereocenters. The lowest BCUT2D eigenvalue weighted by molar-refractivity contribution is -0.149. The van der Waals surface area contributed by atoms with Crippen LogP contribution in [0.15, 0.2) is 29.2 Å². The molecule has 1 aliphatic heterocycles. The molecule has 7 heteroatoms.